The zero-order chi connectivity index (χ0) is 26.1. The summed E-state index contributed by atoms with van der Waals surface area (Å²) in [5, 5.41) is 3.95. The Bertz CT molecular complexity index is 1380. The van der Waals surface area contributed by atoms with Crippen molar-refractivity contribution in [3.8, 4) is 0 Å². The van der Waals surface area contributed by atoms with E-state index in [-0.39, 0.29) is 41.6 Å². The molecule has 198 valence electrons. The molecule has 5 rings (SSSR count). The van der Waals surface area contributed by atoms with Crippen LogP contribution in [-0.2, 0) is 0 Å². The predicted octanol–water partition coefficient (Wildman–Crippen LogP) is 5.52. The van der Waals surface area contributed by atoms with Gasteiger partial charge < -0.3 is 10.2 Å². The molecule has 8 heteroatoms. The summed E-state index contributed by atoms with van der Waals surface area (Å²) >= 11 is 6.33. The largest absolute Gasteiger partial charge is 0.369 e. The molecule has 2 aliphatic rings. The van der Waals surface area contributed by atoms with Crippen molar-refractivity contribution in [2.75, 3.05) is 31.1 Å². The van der Waals surface area contributed by atoms with E-state index in [4.69, 9.17) is 11.6 Å². The maximum Gasteiger partial charge on any atom is 0.252 e. The van der Waals surface area contributed by atoms with Gasteiger partial charge in [-0.25, -0.2) is 0 Å². The van der Waals surface area contributed by atoms with Crippen LogP contribution in [0.3, 0.4) is 0 Å². The van der Waals surface area contributed by atoms with E-state index in [0.717, 1.165) is 55.3 Å². The standard InChI is InChI=1S/C30H30ClN3O3.ClH/c1-3-7-27(34-16-14-33(15-17-34)26-11-6-10-25(31)19(26)2)32-30(37)20-12-13-23-24(18-20)29(36)22-9-5-4-8-21(22)28(23)35;/h4-6,8-13,18,27H,3,7,14-17H2,1-2H3,(H,32,37);1H. The number of piperazine rings is 1. The number of hydrogen-bond acceptors (Lipinski definition) is 5. The van der Waals surface area contributed by atoms with E-state index in [1.807, 2.05) is 19.1 Å². The fraction of sp³-hybridized carbons (Fsp3) is 0.300. The van der Waals surface area contributed by atoms with Crippen LogP contribution in [0.1, 0.15) is 67.5 Å². The molecule has 38 heavy (non-hydrogen) atoms. The predicted molar refractivity (Wildman–Crippen MR) is 153 cm³/mol. The van der Waals surface area contributed by atoms with Gasteiger partial charge in [0.25, 0.3) is 5.91 Å². The SMILES string of the molecule is CCCC(NC(=O)c1ccc2c(c1)C(=O)c1ccccc1C2=O)N1CCN(c2cccc(Cl)c2C)CC1.Cl. The van der Waals surface area contributed by atoms with E-state index < -0.39 is 0 Å². The molecule has 1 saturated heterocycles. The molecule has 0 bridgehead atoms. The Morgan fingerprint density at radius 1 is 0.895 bits per heavy atom. The maximum atomic E-state index is 13.3. The number of carbonyl (C=O) groups is 3. The van der Waals surface area contributed by atoms with Crippen molar-refractivity contribution in [1.82, 2.24) is 10.2 Å². The van der Waals surface area contributed by atoms with Crippen molar-refractivity contribution in [2.24, 2.45) is 0 Å². The highest BCUT2D eigenvalue weighted by Gasteiger charge is 2.31. The van der Waals surface area contributed by atoms with Gasteiger partial charge in [-0.3, -0.25) is 19.3 Å². The van der Waals surface area contributed by atoms with Gasteiger partial charge in [0.1, 0.15) is 0 Å². The van der Waals surface area contributed by atoms with Crippen LogP contribution in [0.5, 0.6) is 0 Å². The summed E-state index contributed by atoms with van der Waals surface area (Å²) in [6.45, 7) is 7.44. The topological polar surface area (TPSA) is 69.7 Å². The normalized spacial score (nSPS) is 15.8. The lowest BCUT2D eigenvalue weighted by Crippen LogP contribution is -2.56. The molecule has 6 nitrogen and oxygen atoms in total. The Hall–Kier alpha value is -3.19. The summed E-state index contributed by atoms with van der Waals surface area (Å²) in [6.07, 6.45) is 1.62. The van der Waals surface area contributed by atoms with Gasteiger partial charge in [0.15, 0.2) is 11.6 Å². The van der Waals surface area contributed by atoms with Crippen LogP contribution >= 0.6 is 24.0 Å². The number of hydrogen-bond donors (Lipinski definition) is 1. The van der Waals surface area contributed by atoms with Crippen LogP contribution in [0.15, 0.2) is 60.7 Å². The molecular formula is C30H31Cl2N3O3. The number of halogens is 2. The number of ketones is 2. The van der Waals surface area contributed by atoms with Crippen LogP contribution in [0.2, 0.25) is 5.02 Å². The molecule has 1 atom stereocenters. The van der Waals surface area contributed by atoms with Crippen molar-refractivity contribution in [2.45, 2.75) is 32.9 Å². The third-order valence-electron chi connectivity index (χ3n) is 7.38. The van der Waals surface area contributed by atoms with Gasteiger partial charge in [0, 0.05) is 64.7 Å². The minimum atomic E-state index is -0.242. The van der Waals surface area contributed by atoms with Crippen LogP contribution in [0, 0.1) is 6.92 Å². The van der Waals surface area contributed by atoms with E-state index in [9.17, 15) is 14.4 Å². The lowest BCUT2D eigenvalue weighted by Gasteiger charge is -2.41. The van der Waals surface area contributed by atoms with Crippen molar-refractivity contribution in [1.29, 1.82) is 0 Å². The average Bonchev–Trinajstić information content (AvgIpc) is 2.93. The summed E-state index contributed by atoms with van der Waals surface area (Å²) in [5.41, 5.74) is 4.04. The van der Waals surface area contributed by atoms with E-state index >= 15 is 0 Å². The zero-order valence-electron chi connectivity index (χ0n) is 21.5. The molecule has 1 fully saturated rings. The third-order valence-corrected chi connectivity index (χ3v) is 7.79. The number of nitrogens with zero attached hydrogens (tertiary/aromatic N) is 2. The number of carbonyl (C=O) groups excluding carboxylic acids is 3. The Morgan fingerprint density at radius 2 is 1.53 bits per heavy atom. The molecule has 3 aromatic carbocycles. The fourth-order valence-electron chi connectivity index (χ4n) is 5.31. The first-order valence-electron chi connectivity index (χ1n) is 12.8. The van der Waals surface area contributed by atoms with Crippen LogP contribution in [-0.4, -0.2) is 54.7 Å². The highest BCUT2D eigenvalue weighted by Crippen LogP contribution is 2.29. The molecule has 0 saturated carbocycles. The molecule has 1 unspecified atom stereocenters. The second-order valence-corrected chi connectivity index (χ2v) is 10.1. The monoisotopic (exact) mass is 551 g/mol. The van der Waals surface area contributed by atoms with Gasteiger partial charge in [0.05, 0.1) is 6.17 Å². The quantitative estimate of drug-likeness (QED) is 0.341. The Morgan fingerprint density at radius 3 is 2.18 bits per heavy atom. The van der Waals surface area contributed by atoms with Gasteiger partial charge in [0.2, 0.25) is 0 Å². The van der Waals surface area contributed by atoms with Crippen molar-refractivity contribution in [3.05, 3.63) is 99.1 Å². The number of anilines is 1. The van der Waals surface area contributed by atoms with Gasteiger partial charge in [-0.1, -0.05) is 55.3 Å². The van der Waals surface area contributed by atoms with Crippen molar-refractivity contribution < 1.29 is 14.4 Å². The van der Waals surface area contributed by atoms with Gasteiger partial charge in [-0.2, -0.15) is 0 Å². The molecule has 1 N–H and O–H groups in total. The molecule has 1 aliphatic carbocycles. The van der Waals surface area contributed by atoms with Crippen molar-refractivity contribution in [3.63, 3.8) is 0 Å². The van der Waals surface area contributed by atoms with E-state index in [1.165, 1.54) is 0 Å². The molecule has 1 aliphatic heterocycles. The molecule has 3 aromatic rings. The Balaban J connectivity index is 0.00000336. The summed E-state index contributed by atoms with van der Waals surface area (Å²) in [4.78, 5) is 43.9. The second-order valence-electron chi connectivity index (χ2n) is 9.65. The summed E-state index contributed by atoms with van der Waals surface area (Å²) in [5.74, 6) is -0.653. The fourth-order valence-corrected chi connectivity index (χ4v) is 5.48. The van der Waals surface area contributed by atoms with Gasteiger partial charge in [-0.05, 0) is 49.2 Å². The van der Waals surface area contributed by atoms with Gasteiger partial charge >= 0.3 is 0 Å². The number of rotatable bonds is 6. The summed E-state index contributed by atoms with van der Waals surface area (Å²) < 4.78 is 0. The first-order chi connectivity index (χ1) is 17.9. The van der Waals surface area contributed by atoms with Gasteiger partial charge in [-0.15, -0.1) is 12.4 Å². The lowest BCUT2D eigenvalue weighted by molar-refractivity contribution is 0.0824. The number of amides is 1. The highest BCUT2D eigenvalue weighted by molar-refractivity contribution is 6.31. The number of benzene rings is 3. The Kier molecular flexibility index (Phi) is 8.56. The molecule has 1 heterocycles. The van der Waals surface area contributed by atoms with Crippen LogP contribution in [0.25, 0.3) is 0 Å². The minimum Gasteiger partial charge on any atom is -0.369 e. The van der Waals surface area contributed by atoms with Crippen LogP contribution < -0.4 is 10.2 Å². The lowest BCUT2D eigenvalue weighted by atomic mass is 9.83. The van der Waals surface area contributed by atoms with Crippen molar-refractivity contribution >= 4 is 47.2 Å². The first kappa shape index (κ1) is 27.8. The second kappa shape index (κ2) is 11.7. The molecule has 0 aromatic heterocycles. The molecule has 1 amide bonds. The molecular weight excluding hydrogens is 521 g/mol. The van der Waals surface area contributed by atoms with E-state index in [0.29, 0.717) is 22.3 Å². The van der Waals surface area contributed by atoms with Crippen LogP contribution in [0.4, 0.5) is 5.69 Å². The number of fused-ring (bicyclic) bond motifs is 2. The zero-order valence-corrected chi connectivity index (χ0v) is 23.1. The highest BCUT2D eigenvalue weighted by atomic mass is 35.5. The minimum absolute atomic E-state index is 0. The third kappa shape index (κ3) is 5.21. The number of nitrogens with one attached hydrogen (secondary N) is 1. The Labute approximate surface area is 234 Å². The average molecular weight is 553 g/mol. The van der Waals surface area contributed by atoms with E-state index in [1.54, 1.807) is 42.5 Å². The summed E-state index contributed by atoms with van der Waals surface area (Å²) in [6, 6.07) is 17.6. The van der Waals surface area contributed by atoms with E-state index in [2.05, 4.69) is 28.1 Å². The molecule has 0 radical (unpaired) electrons. The maximum absolute atomic E-state index is 13.3. The first-order valence-corrected chi connectivity index (χ1v) is 13.1. The molecule has 0 spiro atoms. The smallest absolute Gasteiger partial charge is 0.252 e. The summed E-state index contributed by atoms with van der Waals surface area (Å²) in [7, 11) is 0.